The van der Waals surface area contributed by atoms with Crippen LogP contribution in [-0.4, -0.2) is 63.3 Å². The fourth-order valence-electron chi connectivity index (χ4n) is 2.21. The molecule has 0 aliphatic carbocycles. The largest absolute Gasteiger partial charge is 0.472 e. The number of nitrogens with one attached hydrogen (secondary N) is 1. The Hall–Kier alpha value is -0.250. The van der Waals surface area contributed by atoms with Crippen LogP contribution in [0.4, 0.5) is 0 Å². The SMILES string of the molecule is CCCCOP(=O)(O)OC[C@H]1CC[C@H](n2ccc(=O)[nH]c2=O)O1.[Na]. The van der Waals surface area contributed by atoms with Gasteiger partial charge in [-0.25, -0.2) is 9.36 Å². The minimum Gasteiger partial charge on any atom is -0.352 e. The molecule has 1 aliphatic heterocycles. The van der Waals surface area contributed by atoms with Gasteiger partial charge in [-0.3, -0.25) is 23.4 Å². The molecule has 2 heterocycles. The van der Waals surface area contributed by atoms with E-state index >= 15 is 0 Å². The monoisotopic (exact) mass is 371 g/mol. The number of hydrogen-bond donors (Lipinski definition) is 2. The average Bonchev–Trinajstić information content (AvgIpc) is 2.94. The minimum atomic E-state index is -4.08. The Morgan fingerprint density at radius 2 is 2.17 bits per heavy atom. The van der Waals surface area contributed by atoms with Crippen LogP contribution in [0.1, 0.15) is 38.8 Å². The summed E-state index contributed by atoms with van der Waals surface area (Å²) in [6.07, 6.45) is 3.02. The summed E-state index contributed by atoms with van der Waals surface area (Å²) < 4.78 is 28.3. The smallest absolute Gasteiger partial charge is 0.352 e. The van der Waals surface area contributed by atoms with Gasteiger partial charge in [0.15, 0.2) is 0 Å². The van der Waals surface area contributed by atoms with Gasteiger partial charge in [0, 0.05) is 41.8 Å². The van der Waals surface area contributed by atoms with Gasteiger partial charge >= 0.3 is 13.5 Å². The van der Waals surface area contributed by atoms with Gasteiger partial charge in [-0.05, 0) is 19.3 Å². The Bertz CT molecular complexity index is 677. The van der Waals surface area contributed by atoms with E-state index < -0.39 is 31.4 Å². The summed E-state index contributed by atoms with van der Waals surface area (Å²) in [4.78, 5) is 34.4. The van der Waals surface area contributed by atoms with Gasteiger partial charge in [0.1, 0.15) is 6.23 Å². The van der Waals surface area contributed by atoms with Crippen LogP contribution in [0.3, 0.4) is 0 Å². The number of unbranched alkanes of at least 4 members (excludes halogenated alkanes) is 1. The molecule has 3 atom stereocenters. The molecule has 24 heavy (non-hydrogen) atoms. The molecule has 131 valence electrons. The third-order valence-corrected chi connectivity index (χ3v) is 4.41. The van der Waals surface area contributed by atoms with E-state index in [1.165, 1.54) is 16.8 Å². The van der Waals surface area contributed by atoms with Crippen molar-refractivity contribution in [3.63, 3.8) is 0 Å². The predicted octanol–water partition coefficient (Wildman–Crippen LogP) is 0.767. The molecule has 1 fully saturated rings. The zero-order valence-corrected chi connectivity index (χ0v) is 16.7. The summed E-state index contributed by atoms with van der Waals surface area (Å²) in [5, 5.41) is 0. The van der Waals surface area contributed by atoms with Crippen LogP contribution in [0.5, 0.6) is 0 Å². The van der Waals surface area contributed by atoms with Gasteiger partial charge in [0.05, 0.1) is 19.3 Å². The molecule has 1 unspecified atom stereocenters. The first-order valence-corrected chi connectivity index (χ1v) is 8.99. The number of rotatable bonds is 8. The Labute approximate surface area is 161 Å². The quantitative estimate of drug-likeness (QED) is 0.393. The van der Waals surface area contributed by atoms with Crippen molar-refractivity contribution in [1.82, 2.24) is 9.55 Å². The third kappa shape index (κ3) is 6.57. The van der Waals surface area contributed by atoms with Gasteiger partial charge in [-0.15, -0.1) is 0 Å². The summed E-state index contributed by atoms with van der Waals surface area (Å²) in [6, 6.07) is 1.23. The minimum absolute atomic E-state index is 0. The van der Waals surface area contributed by atoms with Gasteiger partial charge in [0.25, 0.3) is 5.56 Å². The van der Waals surface area contributed by atoms with Crippen LogP contribution < -0.4 is 11.2 Å². The standard InChI is InChI=1S/C13H21N2O7P.Na/c1-2-3-8-20-23(18,19)21-9-10-4-5-12(22-10)15-7-6-11(16)14-13(15)17;/h6-7,10,12H,2-5,8-9H2,1H3,(H,18,19)(H,14,16,17);/t10-,12-;/m1./s1. The topological polar surface area (TPSA) is 120 Å². The third-order valence-electron chi connectivity index (χ3n) is 3.42. The first-order chi connectivity index (χ1) is 10.9. The molecule has 0 amide bonds. The molecule has 1 aromatic heterocycles. The van der Waals surface area contributed by atoms with Gasteiger partial charge in [0.2, 0.25) is 0 Å². The van der Waals surface area contributed by atoms with Crippen LogP contribution in [-0.2, 0) is 18.3 Å². The number of H-pyrrole nitrogens is 1. The van der Waals surface area contributed by atoms with E-state index in [0.717, 1.165) is 6.42 Å². The van der Waals surface area contributed by atoms with Crippen molar-refractivity contribution in [2.24, 2.45) is 0 Å². The van der Waals surface area contributed by atoms with E-state index in [1.54, 1.807) is 0 Å². The molecule has 1 radical (unpaired) electrons. The zero-order chi connectivity index (χ0) is 16.9. The molecule has 2 N–H and O–H groups in total. The van der Waals surface area contributed by atoms with Crippen molar-refractivity contribution in [3.8, 4) is 0 Å². The van der Waals surface area contributed by atoms with Gasteiger partial charge in [-0.2, -0.15) is 0 Å². The Morgan fingerprint density at radius 3 is 2.83 bits per heavy atom. The second-order valence-electron chi connectivity index (χ2n) is 5.26. The summed E-state index contributed by atoms with van der Waals surface area (Å²) in [7, 11) is -4.08. The first-order valence-electron chi connectivity index (χ1n) is 7.50. The molecule has 0 bridgehead atoms. The average molecular weight is 371 g/mol. The van der Waals surface area contributed by atoms with E-state index in [0.29, 0.717) is 19.3 Å². The first kappa shape index (κ1) is 21.8. The Balaban J connectivity index is 0.00000288. The second-order valence-corrected chi connectivity index (χ2v) is 6.71. The van der Waals surface area contributed by atoms with Crippen LogP contribution in [0.25, 0.3) is 0 Å². The molecule has 11 heteroatoms. The van der Waals surface area contributed by atoms with E-state index in [2.05, 4.69) is 4.98 Å². The number of aromatic amines is 1. The fraction of sp³-hybridized carbons (Fsp3) is 0.692. The predicted molar refractivity (Wildman–Crippen MR) is 86.9 cm³/mol. The van der Waals surface area contributed by atoms with Crippen molar-refractivity contribution in [1.29, 1.82) is 0 Å². The summed E-state index contributed by atoms with van der Waals surface area (Å²) >= 11 is 0. The molecule has 0 saturated carbocycles. The second kappa shape index (κ2) is 10.0. The summed E-state index contributed by atoms with van der Waals surface area (Å²) in [5.74, 6) is 0. The van der Waals surface area contributed by atoms with E-state index in [1.807, 2.05) is 6.92 Å². The van der Waals surface area contributed by atoms with Crippen LogP contribution in [0, 0.1) is 0 Å². The van der Waals surface area contributed by atoms with E-state index in [-0.39, 0.29) is 42.8 Å². The van der Waals surface area contributed by atoms with Crippen molar-refractivity contribution in [2.45, 2.75) is 44.9 Å². The van der Waals surface area contributed by atoms with Gasteiger partial charge in [-0.1, -0.05) is 13.3 Å². The van der Waals surface area contributed by atoms with Crippen molar-refractivity contribution < 1.29 is 23.2 Å². The van der Waals surface area contributed by atoms with Gasteiger partial charge < -0.3 is 9.63 Å². The fourth-order valence-corrected chi connectivity index (χ4v) is 3.00. The maximum atomic E-state index is 11.7. The molecule has 0 spiro atoms. The molecule has 9 nitrogen and oxygen atoms in total. The molecule has 2 rings (SSSR count). The maximum Gasteiger partial charge on any atom is 0.472 e. The number of nitrogens with zero attached hydrogens (tertiary/aromatic N) is 1. The molecule has 1 saturated heterocycles. The number of ether oxygens (including phenoxy) is 1. The Morgan fingerprint density at radius 1 is 1.42 bits per heavy atom. The zero-order valence-electron chi connectivity index (χ0n) is 13.8. The number of phosphoric ester groups is 1. The van der Waals surface area contributed by atoms with E-state index in [4.69, 9.17) is 13.8 Å². The van der Waals surface area contributed by atoms with Crippen molar-refractivity contribution in [2.75, 3.05) is 13.2 Å². The molecular weight excluding hydrogens is 350 g/mol. The molecule has 0 aromatic carbocycles. The van der Waals surface area contributed by atoms with Crippen molar-refractivity contribution >= 4 is 37.4 Å². The number of phosphoric acid groups is 1. The normalized spacial score (nSPS) is 22.8. The van der Waals surface area contributed by atoms with Crippen LogP contribution >= 0.6 is 7.82 Å². The Kier molecular flexibility index (Phi) is 9.11. The van der Waals surface area contributed by atoms with E-state index in [9.17, 15) is 19.0 Å². The molecule has 1 aliphatic rings. The summed E-state index contributed by atoms with van der Waals surface area (Å²) in [5.41, 5.74) is -1.03. The van der Waals surface area contributed by atoms with Crippen LogP contribution in [0.2, 0.25) is 0 Å². The summed E-state index contributed by atoms with van der Waals surface area (Å²) in [6.45, 7) is 2.00. The van der Waals surface area contributed by atoms with Crippen LogP contribution in [0.15, 0.2) is 21.9 Å². The number of aromatic nitrogens is 2. The molecule has 1 aromatic rings. The maximum absolute atomic E-state index is 11.7. The van der Waals surface area contributed by atoms with Crippen molar-refractivity contribution in [3.05, 3.63) is 33.1 Å². The number of hydrogen-bond acceptors (Lipinski definition) is 6. The molecular formula is C13H21N2NaO7P.